The molecule has 1 atom stereocenters. The predicted octanol–water partition coefficient (Wildman–Crippen LogP) is 0.889. The second kappa shape index (κ2) is 7.26. The third-order valence-electron chi connectivity index (χ3n) is 3.48. The minimum absolute atomic E-state index is 0.0949. The fourth-order valence-corrected chi connectivity index (χ4v) is 2.47. The van der Waals surface area contributed by atoms with Gasteiger partial charge in [0.15, 0.2) is 0 Å². The van der Waals surface area contributed by atoms with E-state index in [-0.39, 0.29) is 30.0 Å². The highest BCUT2D eigenvalue weighted by Crippen LogP contribution is 2.13. The molecular weight excluding hydrogens is 306 g/mol. The number of carbonyl (C=O) groups is 3. The molecule has 0 bridgehead atoms. The van der Waals surface area contributed by atoms with Crippen molar-refractivity contribution >= 4 is 35.0 Å². The fourth-order valence-electron chi connectivity index (χ4n) is 2.32. The Labute approximate surface area is 133 Å². The number of rotatable bonds is 4. The van der Waals surface area contributed by atoms with Gasteiger partial charge in [-0.1, -0.05) is 17.7 Å². The fraction of sp³-hybridized carbons (Fsp3) is 0.400. The average molecular weight is 324 g/mol. The van der Waals surface area contributed by atoms with E-state index in [2.05, 4.69) is 10.6 Å². The summed E-state index contributed by atoms with van der Waals surface area (Å²) < 4.78 is 0. The number of nitrogens with zero attached hydrogens (tertiary/aromatic N) is 1. The highest BCUT2D eigenvalue weighted by Gasteiger charge is 2.34. The lowest BCUT2D eigenvalue weighted by atomic mass is 10.1. The zero-order chi connectivity index (χ0) is 16.1. The molecule has 22 heavy (non-hydrogen) atoms. The molecule has 1 aromatic rings. The molecule has 1 saturated heterocycles. The van der Waals surface area contributed by atoms with Crippen molar-refractivity contribution in [2.75, 3.05) is 24.3 Å². The van der Waals surface area contributed by atoms with E-state index in [9.17, 15) is 14.4 Å². The van der Waals surface area contributed by atoms with E-state index in [1.807, 2.05) is 19.1 Å². The van der Waals surface area contributed by atoms with E-state index in [1.165, 1.54) is 4.90 Å². The molecule has 1 aliphatic rings. The summed E-state index contributed by atoms with van der Waals surface area (Å²) in [4.78, 5) is 37.2. The Kier molecular flexibility index (Phi) is 5.38. The number of carbonyl (C=O) groups excluding carboxylic acids is 3. The molecule has 1 aromatic carbocycles. The lowest BCUT2D eigenvalue weighted by Gasteiger charge is -2.34. The Morgan fingerprint density at radius 2 is 2.05 bits per heavy atom. The summed E-state index contributed by atoms with van der Waals surface area (Å²) in [6.07, 6.45) is -0.0949. The first kappa shape index (κ1) is 16.3. The van der Waals surface area contributed by atoms with Crippen LogP contribution in [0.3, 0.4) is 0 Å². The van der Waals surface area contributed by atoms with Gasteiger partial charge in [0, 0.05) is 18.8 Å². The van der Waals surface area contributed by atoms with Crippen LogP contribution in [0.5, 0.6) is 0 Å². The molecule has 1 unspecified atom stereocenters. The van der Waals surface area contributed by atoms with Crippen molar-refractivity contribution in [3.8, 4) is 0 Å². The molecule has 7 heteroatoms. The van der Waals surface area contributed by atoms with Crippen LogP contribution in [0.1, 0.15) is 12.0 Å². The molecule has 0 radical (unpaired) electrons. The molecule has 0 saturated carbocycles. The van der Waals surface area contributed by atoms with Gasteiger partial charge >= 0.3 is 0 Å². The van der Waals surface area contributed by atoms with Crippen LogP contribution in [0.15, 0.2) is 24.3 Å². The summed E-state index contributed by atoms with van der Waals surface area (Å²) in [5.41, 5.74) is 1.74. The van der Waals surface area contributed by atoms with Crippen LogP contribution in [-0.4, -0.2) is 47.6 Å². The summed E-state index contributed by atoms with van der Waals surface area (Å²) in [5.74, 6) is -1.20. The molecule has 2 rings (SSSR count). The second-order valence-corrected chi connectivity index (χ2v) is 5.41. The van der Waals surface area contributed by atoms with Crippen LogP contribution < -0.4 is 10.6 Å². The maximum Gasteiger partial charge on any atom is 0.243 e. The van der Waals surface area contributed by atoms with Gasteiger partial charge in [0.2, 0.25) is 17.7 Å². The smallest absolute Gasteiger partial charge is 0.243 e. The Morgan fingerprint density at radius 1 is 1.36 bits per heavy atom. The standard InChI is InChI=1S/C15H18ClN3O3/c1-10-2-4-11(5-3-10)18-13(20)8-12-15(22)17-6-7-19(12)14(21)9-16/h2-5,12H,6-9H2,1H3,(H,17,22)(H,18,20). The van der Waals surface area contributed by atoms with Gasteiger partial charge in [-0.3, -0.25) is 14.4 Å². The van der Waals surface area contributed by atoms with Crippen LogP contribution in [0.25, 0.3) is 0 Å². The molecule has 1 aliphatic heterocycles. The summed E-state index contributed by atoms with van der Waals surface area (Å²) in [5, 5.41) is 5.39. The Morgan fingerprint density at radius 3 is 2.68 bits per heavy atom. The van der Waals surface area contributed by atoms with Gasteiger partial charge in [-0.2, -0.15) is 0 Å². The molecule has 3 amide bonds. The van der Waals surface area contributed by atoms with Crippen LogP contribution in [0, 0.1) is 6.92 Å². The zero-order valence-electron chi connectivity index (χ0n) is 12.3. The largest absolute Gasteiger partial charge is 0.353 e. The first-order chi connectivity index (χ1) is 10.5. The third-order valence-corrected chi connectivity index (χ3v) is 3.71. The van der Waals surface area contributed by atoms with Crippen LogP contribution in [-0.2, 0) is 14.4 Å². The quantitative estimate of drug-likeness (QED) is 0.808. The van der Waals surface area contributed by atoms with Gasteiger partial charge in [-0.25, -0.2) is 0 Å². The summed E-state index contributed by atoms with van der Waals surface area (Å²) in [7, 11) is 0. The number of piperazine rings is 1. The summed E-state index contributed by atoms with van der Waals surface area (Å²) >= 11 is 5.56. The highest BCUT2D eigenvalue weighted by atomic mass is 35.5. The normalized spacial score (nSPS) is 17.8. The summed E-state index contributed by atoms with van der Waals surface area (Å²) in [6.45, 7) is 2.69. The van der Waals surface area contributed by atoms with Crippen molar-refractivity contribution in [2.45, 2.75) is 19.4 Å². The third kappa shape index (κ3) is 3.98. The van der Waals surface area contributed by atoms with Crippen molar-refractivity contribution < 1.29 is 14.4 Å². The topological polar surface area (TPSA) is 78.5 Å². The first-order valence-electron chi connectivity index (χ1n) is 7.01. The van der Waals surface area contributed by atoms with E-state index in [1.54, 1.807) is 12.1 Å². The van der Waals surface area contributed by atoms with Crippen molar-refractivity contribution in [1.82, 2.24) is 10.2 Å². The molecule has 1 fully saturated rings. The molecule has 2 N–H and O–H groups in total. The van der Waals surface area contributed by atoms with Gasteiger partial charge in [-0.15, -0.1) is 11.6 Å². The lowest BCUT2D eigenvalue weighted by Crippen LogP contribution is -2.58. The Bertz CT molecular complexity index is 574. The van der Waals surface area contributed by atoms with E-state index in [4.69, 9.17) is 11.6 Å². The number of halogens is 1. The zero-order valence-corrected chi connectivity index (χ0v) is 13.0. The second-order valence-electron chi connectivity index (χ2n) is 5.15. The average Bonchev–Trinajstić information content (AvgIpc) is 2.51. The van der Waals surface area contributed by atoms with E-state index in [0.29, 0.717) is 18.8 Å². The number of hydrogen-bond donors (Lipinski definition) is 2. The van der Waals surface area contributed by atoms with Gasteiger partial charge in [0.05, 0.1) is 6.42 Å². The van der Waals surface area contributed by atoms with Crippen LogP contribution in [0.4, 0.5) is 5.69 Å². The van der Waals surface area contributed by atoms with Crippen LogP contribution >= 0.6 is 11.6 Å². The minimum atomic E-state index is -0.814. The Hall–Kier alpha value is -2.08. The predicted molar refractivity (Wildman–Crippen MR) is 83.7 cm³/mol. The first-order valence-corrected chi connectivity index (χ1v) is 7.54. The van der Waals surface area contributed by atoms with Crippen molar-refractivity contribution in [1.29, 1.82) is 0 Å². The van der Waals surface area contributed by atoms with Gasteiger partial charge in [0.1, 0.15) is 11.9 Å². The molecule has 0 aromatic heterocycles. The molecule has 0 spiro atoms. The number of anilines is 1. The van der Waals surface area contributed by atoms with Crippen molar-refractivity contribution in [2.24, 2.45) is 0 Å². The monoisotopic (exact) mass is 323 g/mol. The SMILES string of the molecule is Cc1ccc(NC(=O)CC2C(=O)NCCN2C(=O)CCl)cc1. The van der Waals surface area contributed by atoms with Gasteiger partial charge in [0.25, 0.3) is 0 Å². The number of nitrogens with one attached hydrogen (secondary N) is 2. The Balaban J connectivity index is 2.02. The maximum atomic E-state index is 12.1. The van der Waals surface area contributed by atoms with Crippen LogP contribution in [0.2, 0.25) is 0 Å². The number of amides is 3. The molecule has 1 heterocycles. The molecule has 118 valence electrons. The number of hydrogen-bond acceptors (Lipinski definition) is 3. The number of alkyl halides is 1. The molecule has 0 aliphatic carbocycles. The van der Waals surface area contributed by atoms with Crippen molar-refractivity contribution in [3.05, 3.63) is 29.8 Å². The van der Waals surface area contributed by atoms with E-state index >= 15 is 0 Å². The summed E-state index contributed by atoms with van der Waals surface area (Å²) in [6, 6.07) is 6.52. The lowest BCUT2D eigenvalue weighted by molar-refractivity contribution is -0.143. The van der Waals surface area contributed by atoms with E-state index in [0.717, 1.165) is 5.56 Å². The van der Waals surface area contributed by atoms with Gasteiger partial charge in [-0.05, 0) is 19.1 Å². The highest BCUT2D eigenvalue weighted by molar-refractivity contribution is 6.27. The number of aryl methyl sites for hydroxylation is 1. The van der Waals surface area contributed by atoms with Crippen molar-refractivity contribution in [3.63, 3.8) is 0 Å². The minimum Gasteiger partial charge on any atom is -0.353 e. The maximum absolute atomic E-state index is 12.1. The number of benzene rings is 1. The van der Waals surface area contributed by atoms with Gasteiger partial charge < -0.3 is 15.5 Å². The molecule has 6 nitrogen and oxygen atoms in total. The molecular formula is C15H18ClN3O3. The van der Waals surface area contributed by atoms with E-state index < -0.39 is 6.04 Å².